The molecule has 1 N–H and O–H groups in total. The molecule has 0 aromatic carbocycles. The summed E-state index contributed by atoms with van der Waals surface area (Å²) in [6, 6.07) is 0. The number of ether oxygens (including phenoxy) is 2. The molecule has 4 heteroatoms. The van der Waals surface area contributed by atoms with Gasteiger partial charge in [-0.25, -0.2) is 0 Å². The fraction of sp³-hybridized carbons (Fsp3) is 1.00. The number of hydrogen-bond donors (Lipinski definition) is 1. The fourth-order valence-corrected chi connectivity index (χ4v) is 3.41. The molecule has 21 heavy (non-hydrogen) atoms. The summed E-state index contributed by atoms with van der Waals surface area (Å²) in [6.07, 6.45) is 5.79. The molecule has 3 unspecified atom stereocenters. The van der Waals surface area contributed by atoms with Gasteiger partial charge in [0.2, 0.25) is 0 Å². The average Bonchev–Trinajstić information content (AvgIpc) is 2.86. The Labute approximate surface area is 130 Å². The van der Waals surface area contributed by atoms with Crippen LogP contribution in [0.1, 0.15) is 39.5 Å². The number of rotatable bonds is 8. The minimum absolute atomic E-state index is 0.417. The zero-order chi connectivity index (χ0) is 15.1. The molecule has 0 aromatic heterocycles. The monoisotopic (exact) mass is 298 g/mol. The van der Waals surface area contributed by atoms with Crippen LogP contribution in [-0.4, -0.2) is 63.5 Å². The molecule has 2 aliphatic heterocycles. The minimum atomic E-state index is 0.417. The molecule has 2 heterocycles. The first-order valence-corrected chi connectivity index (χ1v) is 8.76. The van der Waals surface area contributed by atoms with Crippen molar-refractivity contribution in [2.75, 3.05) is 46.4 Å². The highest BCUT2D eigenvalue weighted by atomic mass is 16.5. The third-order valence-corrected chi connectivity index (χ3v) is 4.46. The molecule has 0 aliphatic carbocycles. The highest BCUT2D eigenvalue weighted by molar-refractivity contribution is 4.78. The van der Waals surface area contributed by atoms with Crippen LogP contribution in [-0.2, 0) is 9.47 Å². The van der Waals surface area contributed by atoms with Gasteiger partial charge in [-0.3, -0.25) is 0 Å². The van der Waals surface area contributed by atoms with Crippen LogP contribution in [0.25, 0.3) is 0 Å². The molecule has 2 saturated heterocycles. The van der Waals surface area contributed by atoms with Crippen LogP contribution in [0, 0.1) is 11.8 Å². The Balaban J connectivity index is 1.58. The van der Waals surface area contributed by atoms with E-state index in [1.807, 2.05) is 0 Å². The van der Waals surface area contributed by atoms with Gasteiger partial charge in [-0.15, -0.1) is 0 Å². The summed E-state index contributed by atoms with van der Waals surface area (Å²) in [5.41, 5.74) is 0. The van der Waals surface area contributed by atoms with Gasteiger partial charge >= 0.3 is 0 Å². The molecule has 0 bridgehead atoms. The zero-order valence-electron chi connectivity index (χ0n) is 14.1. The van der Waals surface area contributed by atoms with E-state index in [1.54, 1.807) is 0 Å². The smallest absolute Gasteiger partial charge is 0.0707 e. The summed E-state index contributed by atoms with van der Waals surface area (Å²) in [5, 5.41) is 3.51. The normalized spacial score (nSPS) is 30.4. The van der Waals surface area contributed by atoms with Crippen molar-refractivity contribution in [1.29, 1.82) is 0 Å². The SMILES string of the molecule is CC(C)CNCC1CCC(CN(C)CC2CCCOC2)O1. The van der Waals surface area contributed by atoms with Crippen molar-refractivity contribution in [3.63, 3.8) is 0 Å². The van der Waals surface area contributed by atoms with Crippen molar-refractivity contribution in [2.45, 2.75) is 51.7 Å². The van der Waals surface area contributed by atoms with E-state index in [0.717, 1.165) is 39.4 Å². The van der Waals surface area contributed by atoms with Crippen LogP contribution in [0.5, 0.6) is 0 Å². The van der Waals surface area contributed by atoms with Crippen LogP contribution < -0.4 is 5.32 Å². The van der Waals surface area contributed by atoms with E-state index in [0.29, 0.717) is 24.0 Å². The third kappa shape index (κ3) is 6.64. The van der Waals surface area contributed by atoms with Crippen LogP contribution in [0.2, 0.25) is 0 Å². The number of likely N-dealkylation sites (N-methyl/N-ethyl adjacent to an activating group) is 1. The van der Waals surface area contributed by atoms with Crippen molar-refractivity contribution < 1.29 is 9.47 Å². The van der Waals surface area contributed by atoms with Crippen molar-refractivity contribution >= 4 is 0 Å². The largest absolute Gasteiger partial charge is 0.381 e. The summed E-state index contributed by atoms with van der Waals surface area (Å²) in [4.78, 5) is 2.44. The molecule has 2 fully saturated rings. The predicted molar refractivity (Wildman–Crippen MR) is 86.6 cm³/mol. The molecule has 3 atom stereocenters. The number of nitrogens with one attached hydrogen (secondary N) is 1. The van der Waals surface area contributed by atoms with E-state index >= 15 is 0 Å². The van der Waals surface area contributed by atoms with E-state index in [2.05, 4.69) is 31.1 Å². The lowest BCUT2D eigenvalue weighted by Gasteiger charge is -2.28. The molecular formula is C17H34N2O2. The maximum absolute atomic E-state index is 6.17. The highest BCUT2D eigenvalue weighted by Crippen LogP contribution is 2.21. The van der Waals surface area contributed by atoms with Gasteiger partial charge in [0.15, 0.2) is 0 Å². The predicted octanol–water partition coefficient (Wildman–Crippen LogP) is 2.14. The highest BCUT2D eigenvalue weighted by Gasteiger charge is 2.26. The third-order valence-electron chi connectivity index (χ3n) is 4.46. The van der Waals surface area contributed by atoms with Crippen molar-refractivity contribution in [3.05, 3.63) is 0 Å². The Morgan fingerprint density at radius 2 is 1.95 bits per heavy atom. The van der Waals surface area contributed by atoms with E-state index in [9.17, 15) is 0 Å². The summed E-state index contributed by atoms with van der Waals surface area (Å²) in [6.45, 7) is 10.7. The second-order valence-electron chi connectivity index (χ2n) is 7.31. The zero-order valence-corrected chi connectivity index (χ0v) is 14.1. The van der Waals surface area contributed by atoms with Crippen molar-refractivity contribution in [2.24, 2.45) is 11.8 Å². The average molecular weight is 298 g/mol. The lowest BCUT2D eigenvalue weighted by molar-refractivity contribution is 0.0112. The molecule has 124 valence electrons. The second-order valence-corrected chi connectivity index (χ2v) is 7.31. The van der Waals surface area contributed by atoms with Gasteiger partial charge in [0.25, 0.3) is 0 Å². The minimum Gasteiger partial charge on any atom is -0.381 e. The Morgan fingerprint density at radius 3 is 2.67 bits per heavy atom. The Hall–Kier alpha value is -0.160. The standard InChI is InChI=1S/C17H34N2O2/c1-14(2)9-18-10-16-6-7-17(21-16)12-19(3)11-15-5-4-8-20-13-15/h14-18H,4-13H2,1-3H3. The maximum Gasteiger partial charge on any atom is 0.0707 e. The molecule has 2 aliphatic rings. The van der Waals surface area contributed by atoms with Gasteiger partial charge < -0.3 is 19.7 Å². The lowest BCUT2D eigenvalue weighted by atomic mass is 10.0. The van der Waals surface area contributed by atoms with E-state index in [-0.39, 0.29) is 0 Å². The number of hydrogen-bond acceptors (Lipinski definition) is 4. The summed E-state index contributed by atoms with van der Waals surface area (Å²) >= 11 is 0. The molecular weight excluding hydrogens is 264 g/mol. The van der Waals surface area contributed by atoms with E-state index in [1.165, 1.54) is 25.7 Å². The second kappa shape index (κ2) is 9.09. The molecule has 0 saturated carbocycles. The lowest BCUT2D eigenvalue weighted by Crippen LogP contribution is -2.36. The Bertz CT molecular complexity index is 280. The van der Waals surface area contributed by atoms with Crippen LogP contribution >= 0.6 is 0 Å². The Kier molecular flexibility index (Phi) is 7.44. The van der Waals surface area contributed by atoms with E-state index in [4.69, 9.17) is 9.47 Å². The molecule has 0 radical (unpaired) electrons. The first kappa shape index (κ1) is 17.2. The van der Waals surface area contributed by atoms with E-state index < -0.39 is 0 Å². The van der Waals surface area contributed by atoms with Crippen LogP contribution in [0.4, 0.5) is 0 Å². The molecule has 0 amide bonds. The van der Waals surface area contributed by atoms with Gasteiger partial charge in [0.1, 0.15) is 0 Å². The van der Waals surface area contributed by atoms with Gasteiger partial charge in [-0.2, -0.15) is 0 Å². The van der Waals surface area contributed by atoms with Crippen LogP contribution in [0.3, 0.4) is 0 Å². The molecule has 0 aromatic rings. The van der Waals surface area contributed by atoms with Gasteiger partial charge in [0.05, 0.1) is 18.8 Å². The van der Waals surface area contributed by atoms with Crippen molar-refractivity contribution in [1.82, 2.24) is 10.2 Å². The number of nitrogens with zero attached hydrogens (tertiary/aromatic N) is 1. The Morgan fingerprint density at radius 1 is 1.14 bits per heavy atom. The van der Waals surface area contributed by atoms with Gasteiger partial charge in [0, 0.05) is 26.2 Å². The molecule has 4 nitrogen and oxygen atoms in total. The maximum atomic E-state index is 6.17. The molecule has 0 spiro atoms. The van der Waals surface area contributed by atoms with Gasteiger partial charge in [-0.1, -0.05) is 13.8 Å². The first-order valence-electron chi connectivity index (χ1n) is 8.76. The topological polar surface area (TPSA) is 33.7 Å². The van der Waals surface area contributed by atoms with Crippen molar-refractivity contribution in [3.8, 4) is 0 Å². The quantitative estimate of drug-likeness (QED) is 0.744. The van der Waals surface area contributed by atoms with Gasteiger partial charge in [-0.05, 0) is 51.1 Å². The summed E-state index contributed by atoms with van der Waals surface area (Å²) < 4.78 is 11.7. The first-order chi connectivity index (χ1) is 10.1. The van der Waals surface area contributed by atoms with Crippen LogP contribution in [0.15, 0.2) is 0 Å². The summed E-state index contributed by atoms with van der Waals surface area (Å²) in [5.74, 6) is 1.43. The summed E-state index contributed by atoms with van der Waals surface area (Å²) in [7, 11) is 2.22. The fourth-order valence-electron chi connectivity index (χ4n) is 3.41. The molecule has 2 rings (SSSR count).